The third-order valence-corrected chi connectivity index (χ3v) is 4.00. The average molecular weight is 402 g/mol. The van der Waals surface area contributed by atoms with Crippen molar-refractivity contribution in [2.75, 3.05) is 5.32 Å². The van der Waals surface area contributed by atoms with E-state index in [1.54, 1.807) is 18.2 Å². The molecule has 2 rings (SSSR count). The van der Waals surface area contributed by atoms with Crippen LogP contribution in [0.3, 0.4) is 0 Å². The smallest absolute Gasteiger partial charge is 0.337 e. The van der Waals surface area contributed by atoms with Crippen LogP contribution in [0, 0.1) is 3.57 Å². The average Bonchev–Trinajstić information content (AvgIpc) is 2.41. The van der Waals surface area contributed by atoms with E-state index in [0.29, 0.717) is 0 Å². The van der Waals surface area contributed by atoms with Crippen molar-refractivity contribution in [3.63, 3.8) is 0 Å². The van der Waals surface area contributed by atoms with E-state index in [-0.39, 0.29) is 16.6 Å². The number of hydrogen-bond donors (Lipinski definition) is 2. The van der Waals surface area contributed by atoms with Crippen molar-refractivity contribution >= 4 is 45.8 Å². The van der Waals surface area contributed by atoms with Crippen molar-refractivity contribution in [3.8, 4) is 0 Å². The number of carbonyl (C=O) groups is 1. The molecular weight excluding hydrogens is 389 g/mol. The van der Waals surface area contributed by atoms with Crippen molar-refractivity contribution in [2.45, 2.75) is 13.0 Å². The number of carboxylic acid groups (broad SMARTS) is 1. The molecule has 0 fully saturated rings. The summed E-state index contributed by atoms with van der Waals surface area (Å²) >= 11 is 8.11. The zero-order valence-electron chi connectivity index (χ0n) is 10.7. The van der Waals surface area contributed by atoms with E-state index in [0.717, 1.165) is 11.3 Å². The molecule has 1 unspecified atom stereocenters. The van der Waals surface area contributed by atoms with E-state index in [1.807, 2.05) is 31.2 Å². The second-order valence-corrected chi connectivity index (χ2v) is 6.07. The number of aromatic carboxylic acids is 1. The second kappa shape index (κ2) is 6.45. The molecule has 0 radical (unpaired) electrons. The fourth-order valence-electron chi connectivity index (χ4n) is 1.86. The van der Waals surface area contributed by atoms with Crippen LogP contribution in [-0.4, -0.2) is 11.1 Å². The topological polar surface area (TPSA) is 49.3 Å². The largest absolute Gasteiger partial charge is 0.478 e. The molecule has 0 saturated heterocycles. The first kappa shape index (κ1) is 15.1. The summed E-state index contributed by atoms with van der Waals surface area (Å²) < 4.78 is 1.18. The molecule has 0 heterocycles. The summed E-state index contributed by atoms with van der Waals surface area (Å²) in [5.74, 6) is -1.03. The number of nitrogens with one attached hydrogen (secondary N) is 1. The monoisotopic (exact) mass is 401 g/mol. The molecule has 3 nitrogen and oxygen atoms in total. The Hall–Kier alpha value is -1.27. The van der Waals surface area contributed by atoms with Gasteiger partial charge in [-0.2, -0.15) is 0 Å². The molecule has 0 aliphatic carbocycles. The van der Waals surface area contributed by atoms with Gasteiger partial charge >= 0.3 is 5.97 Å². The lowest BCUT2D eigenvalue weighted by Gasteiger charge is -2.16. The maximum atomic E-state index is 11.1. The van der Waals surface area contributed by atoms with Crippen molar-refractivity contribution in [2.24, 2.45) is 0 Å². The van der Waals surface area contributed by atoms with Crippen LogP contribution in [0.2, 0.25) is 5.02 Å². The Morgan fingerprint density at radius 1 is 1.25 bits per heavy atom. The van der Waals surface area contributed by atoms with Gasteiger partial charge in [-0.05, 0) is 65.4 Å². The minimum absolute atomic E-state index is 0.0785. The Morgan fingerprint density at radius 3 is 2.50 bits per heavy atom. The zero-order chi connectivity index (χ0) is 14.7. The van der Waals surface area contributed by atoms with Crippen LogP contribution in [0.25, 0.3) is 0 Å². The predicted molar refractivity (Wildman–Crippen MR) is 89.6 cm³/mol. The van der Waals surface area contributed by atoms with E-state index in [1.165, 1.54) is 3.57 Å². The van der Waals surface area contributed by atoms with Gasteiger partial charge in [-0.3, -0.25) is 0 Å². The molecular formula is C15H13ClINO2. The molecule has 5 heteroatoms. The number of rotatable bonds is 4. The van der Waals surface area contributed by atoms with E-state index in [4.69, 9.17) is 16.7 Å². The molecule has 1 atom stereocenters. The first-order valence-electron chi connectivity index (χ1n) is 6.02. The third-order valence-electron chi connectivity index (χ3n) is 2.95. The quantitative estimate of drug-likeness (QED) is 0.723. The Morgan fingerprint density at radius 2 is 1.90 bits per heavy atom. The summed E-state index contributed by atoms with van der Waals surface area (Å²) in [6, 6.07) is 13.2. The number of benzene rings is 2. The lowest BCUT2D eigenvalue weighted by molar-refractivity contribution is 0.0697. The Labute approximate surface area is 136 Å². The molecule has 0 amide bonds. The lowest BCUT2D eigenvalue weighted by atomic mass is 10.1. The number of halogens is 2. The van der Waals surface area contributed by atoms with Gasteiger partial charge in [-0.15, -0.1) is 0 Å². The van der Waals surface area contributed by atoms with E-state index < -0.39 is 5.97 Å². The standard InChI is InChI=1S/C15H13ClINO2/c1-9(10-2-4-11(17)5-3-10)18-12-6-7-14(16)13(8-12)15(19)20/h2-9,18H,1H3,(H,19,20). The first-order valence-corrected chi connectivity index (χ1v) is 7.48. The second-order valence-electron chi connectivity index (χ2n) is 4.42. The van der Waals surface area contributed by atoms with Crippen LogP contribution in [-0.2, 0) is 0 Å². The van der Waals surface area contributed by atoms with Gasteiger partial charge in [0.15, 0.2) is 0 Å². The van der Waals surface area contributed by atoms with Crippen LogP contribution in [0.15, 0.2) is 42.5 Å². The minimum atomic E-state index is -1.03. The number of hydrogen-bond acceptors (Lipinski definition) is 2. The molecule has 0 aliphatic rings. The highest BCUT2D eigenvalue weighted by atomic mass is 127. The van der Waals surface area contributed by atoms with Gasteiger partial charge in [0.2, 0.25) is 0 Å². The van der Waals surface area contributed by atoms with Crippen molar-refractivity contribution in [1.29, 1.82) is 0 Å². The molecule has 104 valence electrons. The van der Waals surface area contributed by atoms with Gasteiger partial charge in [0.1, 0.15) is 0 Å². The molecule has 2 aromatic rings. The molecule has 0 saturated carbocycles. The maximum Gasteiger partial charge on any atom is 0.337 e. The fourth-order valence-corrected chi connectivity index (χ4v) is 2.42. The van der Waals surface area contributed by atoms with Gasteiger partial charge in [-0.25, -0.2) is 4.79 Å². The van der Waals surface area contributed by atoms with Crippen LogP contribution >= 0.6 is 34.2 Å². The number of anilines is 1. The van der Waals surface area contributed by atoms with Gasteiger partial charge in [0, 0.05) is 15.3 Å². The molecule has 0 bridgehead atoms. The summed E-state index contributed by atoms with van der Waals surface area (Å²) in [5.41, 5.74) is 1.97. The van der Waals surface area contributed by atoms with Gasteiger partial charge in [-0.1, -0.05) is 23.7 Å². The molecule has 0 aliphatic heterocycles. The van der Waals surface area contributed by atoms with Crippen LogP contribution < -0.4 is 5.32 Å². The number of carboxylic acids is 1. The van der Waals surface area contributed by atoms with Gasteiger partial charge in [0.05, 0.1) is 10.6 Å². The van der Waals surface area contributed by atoms with Gasteiger partial charge in [0.25, 0.3) is 0 Å². The maximum absolute atomic E-state index is 11.1. The molecule has 2 aromatic carbocycles. The summed E-state index contributed by atoms with van der Waals surface area (Å²) in [6.07, 6.45) is 0. The van der Waals surface area contributed by atoms with E-state index in [9.17, 15) is 4.79 Å². The van der Waals surface area contributed by atoms with E-state index >= 15 is 0 Å². The zero-order valence-corrected chi connectivity index (χ0v) is 13.6. The van der Waals surface area contributed by atoms with Crippen LogP contribution in [0.1, 0.15) is 28.9 Å². The summed E-state index contributed by atoms with van der Waals surface area (Å²) in [6.45, 7) is 2.03. The van der Waals surface area contributed by atoms with Crippen molar-refractivity contribution in [3.05, 3.63) is 62.2 Å². The van der Waals surface area contributed by atoms with Crippen LogP contribution in [0.4, 0.5) is 5.69 Å². The molecule has 0 aromatic heterocycles. The van der Waals surface area contributed by atoms with Crippen molar-refractivity contribution < 1.29 is 9.90 Å². The minimum Gasteiger partial charge on any atom is -0.478 e. The summed E-state index contributed by atoms with van der Waals surface area (Å²) in [7, 11) is 0. The highest BCUT2D eigenvalue weighted by molar-refractivity contribution is 14.1. The Kier molecular flexibility index (Phi) is 4.88. The molecule has 0 spiro atoms. The lowest BCUT2D eigenvalue weighted by Crippen LogP contribution is -2.07. The van der Waals surface area contributed by atoms with Crippen molar-refractivity contribution in [1.82, 2.24) is 0 Å². The highest BCUT2D eigenvalue weighted by Gasteiger charge is 2.11. The summed E-state index contributed by atoms with van der Waals surface area (Å²) in [4.78, 5) is 11.1. The normalized spacial score (nSPS) is 11.9. The van der Waals surface area contributed by atoms with Gasteiger partial charge < -0.3 is 10.4 Å². The Bertz CT molecular complexity index is 628. The highest BCUT2D eigenvalue weighted by Crippen LogP contribution is 2.24. The van der Waals surface area contributed by atoms with Crippen LogP contribution in [0.5, 0.6) is 0 Å². The summed E-state index contributed by atoms with van der Waals surface area (Å²) in [5, 5.41) is 12.6. The fraction of sp³-hybridized carbons (Fsp3) is 0.133. The Balaban J connectivity index is 2.19. The third kappa shape index (κ3) is 3.64. The molecule has 20 heavy (non-hydrogen) atoms. The first-order chi connectivity index (χ1) is 9.47. The molecule has 2 N–H and O–H groups in total. The van der Waals surface area contributed by atoms with E-state index in [2.05, 4.69) is 27.9 Å². The predicted octanol–water partition coefficient (Wildman–Crippen LogP) is 4.82. The SMILES string of the molecule is CC(Nc1ccc(Cl)c(C(=O)O)c1)c1ccc(I)cc1.